The third-order valence-corrected chi connectivity index (χ3v) is 4.01. The lowest BCUT2D eigenvalue weighted by Crippen LogP contribution is -2.08. The maximum atomic E-state index is 12.2. The zero-order valence-electron chi connectivity index (χ0n) is 14.6. The number of carbonyl (C=O) groups is 1. The largest absolute Gasteiger partial charge is 0.423 e. The van der Waals surface area contributed by atoms with E-state index >= 15 is 0 Å². The predicted octanol–water partition coefficient (Wildman–Crippen LogP) is 5.77. The van der Waals surface area contributed by atoms with Crippen LogP contribution in [0.5, 0.6) is 5.75 Å². The minimum atomic E-state index is -0.343. The Morgan fingerprint density at radius 1 is 0.800 bits per heavy atom. The molecule has 3 rings (SSSR count). The fourth-order valence-electron chi connectivity index (χ4n) is 2.76. The van der Waals surface area contributed by atoms with Crippen molar-refractivity contribution in [3.8, 4) is 16.9 Å². The van der Waals surface area contributed by atoms with Gasteiger partial charge in [-0.2, -0.15) is 0 Å². The van der Waals surface area contributed by atoms with Gasteiger partial charge in [-0.25, -0.2) is 4.79 Å². The SMILES string of the molecule is CC(C)Cc1ccc(-c2ccc(C(=O)Oc3ccccc3)cc2)cc1. The Hall–Kier alpha value is -2.87. The minimum Gasteiger partial charge on any atom is -0.423 e. The quantitative estimate of drug-likeness (QED) is 0.438. The number of hydrogen-bond acceptors (Lipinski definition) is 2. The first-order chi connectivity index (χ1) is 12.1. The summed E-state index contributed by atoms with van der Waals surface area (Å²) in [5.74, 6) is 0.864. The predicted molar refractivity (Wildman–Crippen MR) is 102 cm³/mol. The molecule has 0 aliphatic rings. The monoisotopic (exact) mass is 330 g/mol. The average Bonchev–Trinajstić information content (AvgIpc) is 2.63. The maximum absolute atomic E-state index is 12.2. The molecule has 0 amide bonds. The molecule has 0 aliphatic carbocycles. The molecule has 0 bridgehead atoms. The van der Waals surface area contributed by atoms with E-state index in [4.69, 9.17) is 4.74 Å². The van der Waals surface area contributed by atoms with E-state index < -0.39 is 0 Å². The third-order valence-electron chi connectivity index (χ3n) is 4.01. The van der Waals surface area contributed by atoms with E-state index in [1.807, 2.05) is 42.5 Å². The zero-order chi connectivity index (χ0) is 17.6. The Morgan fingerprint density at radius 3 is 1.92 bits per heavy atom. The second-order valence-electron chi connectivity index (χ2n) is 6.57. The van der Waals surface area contributed by atoms with Gasteiger partial charge in [-0.3, -0.25) is 0 Å². The average molecular weight is 330 g/mol. The molecule has 25 heavy (non-hydrogen) atoms. The summed E-state index contributed by atoms with van der Waals surface area (Å²) < 4.78 is 5.36. The van der Waals surface area contributed by atoms with Gasteiger partial charge in [0.25, 0.3) is 0 Å². The van der Waals surface area contributed by atoms with Crippen molar-refractivity contribution in [2.75, 3.05) is 0 Å². The number of carbonyl (C=O) groups excluding carboxylic acids is 1. The Morgan fingerprint density at radius 2 is 1.36 bits per heavy atom. The highest BCUT2D eigenvalue weighted by molar-refractivity contribution is 5.91. The molecule has 2 heteroatoms. The van der Waals surface area contributed by atoms with Crippen LogP contribution in [0.1, 0.15) is 29.8 Å². The highest BCUT2D eigenvalue weighted by atomic mass is 16.5. The standard InChI is InChI=1S/C23H22O2/c1-17(2)16-18-8-10-19(11-9-18)20-12-14-21(15-13-20)23(24)25-22-6-4-3-5-7-22/h3-15,17H,16H2,1-2H3. The van der Waals surface area contributed by atoms with Gasteiger partial charge in [-0.05, 0) is 53.3 Å². The molecule has 0 atom stereocenters. The zero-order valence-corrected chi connectivity index (χ0v) is 14.6. The molecule has 0 fully saturated rings. The van der Waals surface area contributed by atoms with Gasteiger partial charge in [0.1, 0.15) is 5.75 Å². The fourth-order valence-corrected chi connectivity index (χ4v) is 2.76. The van der Waals surface area contributed by atoms with Crippen LogP contribution in [-0.2, 0) is 6.42 Å². The normalized spacial score (nSPS) is 10.7. The molecule has 0 N–H and O–H groups in total. The molecule has 0 saturated carbocycles. The number of ether oxygens (including phenoxy) is 1. The highest BCUT2D eigenvalue weighted by Crippen LogP contribution is 2.22. The van der Waals surface area contributed by atoms with Crippen LogP contribution in [0.3, 0.4) is 0 Å². The summed E-state index contributed by atoms with van der Waals surface area (Å²) in [6.07, 6.45) is 1.09. The van der Waals surface area contributed by atoms with E-state index in [0.29, 0.717) is 17.2 Å². The molecule has 0 heterocycles. The summed E-state index contributed by atoms with van der Waals surface area (Å²) in [5.41, 5.74) is 4.13. The second kappa shape index (κ2) is 7.80. The Kier molecular flexibility index (Phi) is 5.30. The topological polar surface area (TPSA) is 26.3 Å². The van der Waals surface area contributed by atoms with Crippen molar-refractivity contribution in [1.82, 2.24) is 0 Å². The lowest BCUT2D eigenvalue weighted by molar-refractivity contribution is 0.0735. The van der Waals surface area contributed by atoms with Crippen molar-refractivity contribution in [3.63, 3.8) is 0 Å². The molecule has 2 nitrogen and oxygen atoms in total. The van der Waals surface area contributed by atoms with Crippen molar-refractivity contribution in [3.05, 3.63) is 90.0 Å². The second-order valence-corrected chi connectivity index (χ2v) is 6.57. The van der Waals surface area contributed by atoms with Gasteiger partial charge in [0.15, 0.2) is 0 Å². The number of hydrogen-bond donors (Lipinski definition) is 0. The van der Waals surface area contributed by atoms with Crippen molar-refractivity contribution in [1.29, 1.82) is 0 Å². The Bertz CT molecular complexity index is 816. The van der Waals surface area contributed by atoms with E-state index in [1.54, 1.807) is 12.1 Å². The summed E-state index contributed by atoms with van der Waals surface area (Å²) in [4.78, 5) is 12.2. The first kappa shape index (κ1) is 17.0. The maximum Gasteiger partial charge on any atom is 0.343 e. The van der Waals surface area contributed by atoms with Crippen LogP contribution in [0.4, 0.5) is 0 Å². The van der Waals surface area contributed by atoms with Crippen LogP contribution in [0.15, 0.2) is 78.9 Å². The first-order valence-corrected chi connectivity index (χ1v) is 8.58. The summed E-state index contributed by atoms with van der Waals surface area (Å²) in [6.45, 7) is 4.45. The van der Waals surface area contributed by atoms with Crippen molar-refractivity contribution in [2.45, 2.75) is 20.3 Å². The van der Waals surface area contributed by atoms with Gasteiger partial charge in [-0.1, -0.05) is 68.4 Å². The highest BCUT2D eigenvalue weighted by Gasteiger charge is 2.09. The van der Waals surface area contributed by atoms with Crippen LogP contribution in [0.2, 0.25) is 0 Å². The Labute approximate surface area is 149 Å². The van der Waals surface area contributed by atoms with Gasteiger partial charge in [0.05, 0.1) is 5.56 Å². The fraction of sp³-hybridized carbons (Fsp3) is 0.174. The lowest BCUT2D eigenvalue weighted by Gasteiger charge is -2.08. The molecule has 0 saturated heterocycles. The van der Waals surface area contributed by atoms with Crippen molar-refractivity contribution < 1.29 is 9.53 Å². The van der Waals surface area contributed by atoms with E-state index in [9.17, 15) is 4.79 Å². The molecule has 126 valence electrons. The van der Waals surface area contributed by atoms with Crippen LogP contribution >= 0.6 is 0 Å². The smallest absolute Gasteiger partial charge is 0.343 e. The van der Waals surface area contributed by atoms with Gasteiger partial charge in [-0.15, -0.1) is 0 Å². The minimum absolute atomic E-state index is 0.343. The molecule has 0 aliphatic heterocycles. The van der Waals surface area contributed by atoms with Crippen LogP contribution in [-0.4, -0.2) is 5.97 Å². The van der Waals surface area contributed by atoms with Crippen molar-refractivity contribution >= 4 is 5.97 Å². The Balaban J connectivity index is 1.70. The van der Waals surface area contributed by atoms with E-state index in [2.05, 4.69) is 38.1 Å². The van der Waals surface area contributed by atoms with E-state index in [0.717, 1.165) is 17.5 Å². The van der Waals surface area contributed by atoms with Gasteiger partial charge >= 0.3 is 5.97 Å². The van der Waals surface area contributed by atoms with Crippen LogP contribution in [0, 0.1) is 5.92 Å². The van der Waals surface area contributed by atoms with Crippen LogP contribution < -0.4 is 4.74 Å². The molecule has 0 aromatic heterocycles. The van der Waals surface area contributed by atoms with Crippen molar-refractivity contribution in [2.24, 2.45) is 5.92 Å². The summed E-state index contributed by atoms with van der Waals surface area (Å²) in [5, 5.41) is 0. The molecule has 0 radical (unpaired) electrons. The summed E-state index contributed by atoms with van der Waals surface area (Å²) in [7, 11) is 0. The molecule has 3 aromatic carbocycles. The van der Waals surface area contributed by atoms with Crippen LogP contribution in [0.25, 0.3) is 11.1 Å². The molecule has 0 spiro atoms. The lowest BCUT2D eigenvalue weighted by atomic mass is 9.98. The summed E-state index contributed by atoms with van der Waals surface area (Å²) in [6, 6.07) is 25.3. The third kappa shape index (κ3) is 4.57. The number of para-hydroxylation sites is 1. The van der Waals surface area contributed by atoms with Gasteiger partial charge < -0.3 is 4.74 Å². The number of rotatable bonds is 5. The van der Waals surface area contributed by atoms with Gasteiger partial charge in [0, 0.05) is 0 Å². The van der Waals surface area contributed by atoms with E-state index in [-0.39, 0.29) is 5.97 Å². The number of esters is 1. The van der Waals surface area contributed by atoms with E-state index in [1.165, 1.54) is 5.56 Å². The first-order valence-electron chi connectivity index (χ1n) is 8.58. The molecule has 0 unspecified atom stereocenters. The molecular weight excluding hydrogens is 308 g/mol. The number of benzene rings is 3. The molecular formula is C23H22O2. The molecule has 3 aromatic rings. The van der Waals surface area contributed by atoms with Gasteiger partial charge in [0.2, 0.25) is 0 Å². The summed E-state index contributed by atoms with van der Waals surface area (Å²) >= 11 is 0.